The Morgan fingerprint density at radius 1 is 1.21 bits per heavy atom. The maximum absolute atomic E-state index is 12.5. The summed E-state index contributed by atoms with van der Waals surface area (Å²) in [5.41, 5.74) is 2.73. The number of nitrogens with zero attached hydrogens (tertiary/aromatic N) is 2. The first-order chi connectivity index (χ1) is 12.8. The molecule has 0 aromatic heterocycles. The van der Waals surface area contributed by atoms with Gasteiger partial charge in [0.1, 0.15) is 5.60 Å². The Morgan fingerprint density at radius 3 is 2.29 bits per heavy atom. The molecule has 0 atom stereocenters. The first-order valence-corrected chi connectivity index (χ1v) is 10.1. The van der Waals surface area contributed by atoms with E-state index in [9.17, 15) is 23.1 Å². The minimum atomic E-state index is -3.74. The zero-order valence-electron chi connectivity index (χ0n) is 16.7. The normalized spacial score (nSPS) is 12.7. The molecule has 0 unspecified atom stereocenters. The van der Waals surface area contributed by atoms with Gasteiger partial charge in [-0.1, -0.05) is 12.1 Å². The van der Waals surface area contributed by atoms with Crippen LogP contribution in [0.3, 0.4) is 0 Å². The van der Waals surface area contributed by atoms with Crippen LogP contribution in [0, 0.1) is 0 Å². The third-order valence-corrected chi connectivity index (χ3v) is 5.42. The second kappa shape index (κ2) is 9.65. The average Bonchev–Trinajstić information content (AvgIpc) is 2.57. The maximum atomic E-state index is 12.5. The van der Waals surface area contributed by atoms with Crippen LogP contribution in [0.2, 0.25) is 0 Å². The minimum Gasteiger partial charge on any atom is -0.550 e. The van der Waals surface area contributed by atoms with Gasteiger partial charge in [-0.15, -0.1) is 0 Å². The lowest BCUT2D eigenvalue weighted by Gasteiger charge is -2.18. The van der Waals surface area contributed by atoms with Crippen LogP contribution >= 0.6 is 0 Å². The molecule has 0 saturated heterocycles. The topological polar surface area (TPSA) is 128 Å². The van der Waals surface area contributed by atoms with Gasteiger partial charge in [0, 0.05) is 19.6 Å². The molecule has 1 rings (SSSR count). The molecule has 0 bridgehead atoms. The summed E-state index contributed by atoms with van der Waals surface area (Å²) in [6.45, 7) is 6.93. The number of carboxylic acids is 1. The number of hydrogen-bond acceptors (Lipinski definition) is 7. The Hall–Kier alpha value is -2.46. The second-order valence-electron chi connectivity index (χ2n) is 7.14. The number of carbonyl (C=O) groups excluding carboxylic acids is 2. The zero-order chi connectivity index (χ0) is 21.5. The standard InChI is InChI=1S/C18H27N3O6S/c1-13(19-20-17(24)27-18(2,3)4)14-8-10-15(11-9-14)28(25,26)21(5)12-6-7-16(22)23/h8-11H,6-7,12H2,1-5H3,(H,20,24)(H,22,23)/p-1/b19-13-. The highest BCUT2D eigenvalue weighted by molar-refractivity contribution is 7.89. The summed E-state index contributed by atoms with van der Waals surface area (Å²) in [5.74, 6) is -1.22. The number of carbonyl (C=O) groups is 2. The van der Waals surface area contributed by atoms with Crippen LogP contribution in [0.1, 0.15) is 46.1 Å². The Bertz CT molecular complexity index is 826. The van der Waals surface area contributed by atoms with Gasteiger partial charge >= 0.3 is 6.09 Å². The van der Waals surface area contributed by atoms with Crippen molar-refractivity contribution in [3.05, 3.63) is 29.8 Å². The van der Waals surface area contributed by atoms with Gasteiger partial charge < -0.3 is 14.6 Å². The summed E-state index contributed by atoms with van der Waals surface area (Å²) < 4.78 is 31.2. The van der Waals surface area contributed by atoms with Crippen molar-refractivity contribution >= 4 is 27.8 Å². The second-order valence-corrected chi connectivity index (χ2v) is 9.18. The number of hydrogen-bond donors (Lipinski definition) is 1. The van der Waals surface area contributed by atoms with Crippen LogP contribution in [0.15, 0.2) is 34.3 Å². The van der Waals surface area contributed by atoms with Crippen LogP contribution in [0.5, 0.6) is 0 Å². The van der Waals surface area contributed by atoms with Crippen molar-refractivity contribution in [3.8, 4) is 0 Å². The SMILES string of the molecule is C/C(=N/NC(=O)OC(C)(C)C)c1ccc(S(=O)(=O)N(C)CCCC(=O)[O-])cc1. The minimum absolute atomic E-state index is 0.0678. The van der Waals surface area contributed by atoms with E-state index in [1.165, 1.54) is 19.2 Å². The molecule has 10 heteroatoms. The lowest BCUT2D eigenvalue weighted by molar-refractivity contribution is -0.305. The Morgan fingerprint density at radius 2 is 1.79 bits per heavy atom. The van der Waals surface area contributed by atoms with E-state index in [1.54, 1.807) is 39.8 Å². The van der Waals surface area contributed by atoms with Gasteiger partial charge in [-0.3, -0.25) is 0 Å². The number of amides is 1. The largest absolute Gasteiger partial charge is 0.550 e. The van der Waals surface area contributed by atoms with E-state index in [1.807, 2.05) is 0 Å². The summed E-state index contributed by atoms with van der Waals surface area (Å²) in [5, 5.41) is 14.4. The van der Waals surface area contributed by atoms with Crippen LogP contribution in [-0.2, 0) is 19.6 Å². The predicted molar refractivity (Wildman–Crippen MR) is 102 cm³/mol. The summed E-state index contributed by atoms with van der Waals surface area (Å²) >= 11 is 0. The van der Waals surface area contributed by atoms with Crippen LogP contribution in [-0.4, -0.2) is 49.7 Å². The fraction of sp³-hybridized carbons (Fsp3) is 0.500. The number of carboxylic acid groups (broad SMARTS) is 1. The molecular formula is C18H26N3O6S-. The quantitative estimate of drug-likeness (QED) is 0.503. The molecule has 0 aliphatic rings. The van der Waals surface area contributed by atoms with E-state index in [0.29, 0.717) is 11.3 Å². The van der Waals surface area contributed by atoms with Crippen molar-refractivity contribution in [2.24, 2.45) is 5.10 Å². The molecule has 0 aliphatic carbocycles. The van der Waals surface area contributed by atoms with Crippen molar-refractivity contribution in [3.63, 3.8) is 0 Å². The third-order valence-electron chi connectivity index (χ3n) is 3.55. The molecular weight excluding hydrogens is 386 g/mol. The number of rotatable bonds is 8. The molecule has 1 N–H and O–H groups in total. The van der Waals surface area contributed by atoms with Gasteiger partial charge in [-0.25, -0.2) is 22.9 Å². The highest BCUT2D eigenvalue weighted by Crippen LogP contribution is 2.16. The van der Waals surface area contributed by atoms with Gasteiger partial charge in [0.25, 0.3) is 0 Å². The molecule has 0 radical (unpaired) electrons. The summed E-state index contributed by atoms with van der Waals surface area (Å²) in [7, 11) is -2.35. The zero-order valence-corrected chi connectivity index (χ0v) is 17.5. The molecule has 0 aliphatic heterocycles. The molecule has 0 spiro atoms. The number of benzene rings is 1. The van der Waals surface area contributed by atoms with Crippen LogP contribution in [0.4, 0.5) is 4.79 Å². The van der Waals surface area contributed by atoms with E-state index in [-0.39, 0.29) is 24.3 Å². The molecule has 0 heterocycles. The molecule has 1 amide bonds. The lowest BCUT2D eigenvalue weighted by Crippen LogP contribution is -2.30. The molecule has 0 saturated carbocycles. The van der Waals surface area contributed by atoms with Crippen molar-refractivity contribution < 1.29 is 27.9 Å². The molecule has 28 heavy (non-hydrogen) atoms. The number of hydrazone groups is 1. The first kappa shape index (κ1) is 23.6. The summed E-state index contributed by atoms with van der Waals surface area (Å²) in [6, 6.07) is 5.98. The average molecular weight is 412 g/mol. The fourth-order valence-electron chi connectivity index (χ4n) is 2.11. The maximum Gasteiger partial charge on any atom is 0.428 e. The van der Waals surface area contributed by atoms with Gasteiger partial charge in [0.15, 0.2) is 0 Å². The summed E-state index contributed by atoms with van der Waals surface area (Å²) in [6.07, 6.45) is -0.735. The van der Waals surface area contributed by atoms with Crippen molar-refractivity contribution in [2.45, 2.75) is 51.0 Å². The van der Waals surface area contributed by atoms with Gasteiger partial charge in [0.05, 0.1) is 10.6 Å². The van der Waals surface area contributed by atoms with Crippen molar-refractivity contribution in [2.75, 3.05) is 13.6 Å². The molecule has 1 aromatic carbocycles. The Balaban J connectivity index is 2.79. The van der Waals surface area contributed by atoms with Crippen LogP contribution < -0.4 is 10.5 Å². The Labute approximate surface area is 165 Å². The number of nitrogens with one attached hydrogen (secondary N) is 1. The highest BCUT2D eigenvalue weighted by atomic mass is 32.2. The number of ether oxygens (including phenoxy) is 1. The Kier molecular flexibility index (Phi) is 8.13. The third kappa shape index (κ3) is 7.65. The highest BCUT2D eigenvalue weighted by Gasteiger charge is 2.20. The van der Waals surface area contributed by atoms with E-state index in [0.717, 1.165) is 4.31 Å². The molecule has 0 fully saturated rings. The monoisotopic (exact) mass is 412 g/mol. The molecule has 1 aromatic rings. The van der Waals surface area contributed by atoms with Gasteiger partial charge in [-0.2, -0.15) is 5.10 Å². The van der Waals surface area contributed by atoms with Gasteiger partial charge in [-0.05, 0) is 58.2 Å². The lowest BCUT2D eigenvalue weighted by atomic mass is 10.1. The first-order valence-electron chi connectivity index (χ1n) is 8.63. The van der Waals surface area contributed by atoms with E-state index in [4.69, 9.17) is 4.74 Å². The van der Waals surface area contributed by atoms with Crippen molar-refractivity contribution in [1.29, 1.82) is 0 Å². The number of sulfonamides is 1. The number of aliphatic carboxylic acids is 1. The summed E-state index contributed by atoms with van der Waals surface area (Å²) in [4.78, 5) is 22.1. The van der Waals surface area contributed by atoms with E-state index in [2.05, 4.69) is 10.5 Å². The molecule has 9 nitrogen and oxygen atoms in total. The van der Waals surface area contributed by atoms with Crippen LogP contribution in [0.25, 0.3) is 0 Å². The smallest absolute Gasteiger partial charge is 0.428 e. The van der Waals surface area contributed by atoms with E-state index >= 15 is 0 Å². The van der Waals surface area contributed by atoms with Gasteiger partial charge in [0.2, 0.25) is 10.0 Å². The predicted octanol–water partition coefficient (Wildman–Crippen LogP) is 1.09. The van der Waals surface area contributed by atoms with Crippen molar-refractivity contribution in [1.82, 2.24) is 9.73 Å². The molecule has 156 valence electrons. The van der Waals surface area contributed by atoms with E-state index < -0.39 is 27.7 Å². The fourth-order valence-corrected chi connectivity index (χ4v) is 3.32.